The molecule has 0 saturated heterocycles. The van der Waals surface area contributed by atoms with Crippen LogP contribution in [0.25, 0.3) is 0 Å². The molecule has 0 atom stereocenters. The van der Waals surface area contributed by atoms with Crippen LogP contribution in [-0.4, -0.2) is 41.7 Å². The van der Waals surface area contributed by atoms with Crippen molar-refractivity contribution >= 4 is 29.4 Å². The van der Waals surface area contributed by atoms with Gasteiger partial charge in [-0.05, 0) is 12.2 Å². The van der Waals surface area contributed by atoms with Gasteiger partial charge in [0, 0.05) is 38.1 Å². The minimum Gasteiger partial charge on any atom is -0.356 e. The molecule has 0 fully saturated rings. The molecule has 19 heavy (non-hydrogen) atoms. The summed E-state index contributed by atoms with van der Waals surface area (Å²) < 4.78 is 0. The maximum Gasteiger partial charge on any atom is 0.221 e. The monoisotopic (exact) mass is 288 g/mol. The number of carbonyl (C=O) groups is 3. The van der Waals surface area contributed by atoms with E-state index >= 15 is 0 Å². The molecular weight excluding hydrogens is 264 g/mol. The fourth-order valence-electron chi connectivity index (χ4n) is 1.26. The van der Waals surface area contributed by atoms with Gasteiger partial charge in [0.2, 0.25) is 11.8 Å². The SMILES string of the molecule is CC(=O)CCNC(=O)CCNC(=O)CCSC(C)C. The van der Waals surface area contributed by atoms with Gasteiger partial charge >= 0.3 is 0 Å². The molecule has 0 aromatic rings. The third-order valence-electron chi connectivity index (χ3n) is 2.25. The molecule has 0 aliphatic rings. The number of hydrogen-bond donors (Lipinski definition) is 2. The average Bonchev–Trinajstić information content (AvgIpc) is 2.27. The third kappa shape index (κ3) is 13.2. The summed E-state index contributed by atoms with van der Waals surface area (Å²) in [5.74, 6) is 0.688. The summed E-state index contributed by atoms with van der Waals surface area (Å²) in [7, 11) is 0. The van der Waals surface area contributed by atoms with Gasteiger partial charge in [-0.2, -0.15) is 11.8 Å². The Balaban J connectivity index is 3.48. The second kappa shape index (κ2) is 10.8. The summed E-state index contributed by atoms with van der Waals surface area (Å²) in [6, 6.07) is 0. The molecule has 2 amide bonds. The highest BCUT2D eigenvalue weighted by Gasteiger charge is 2.05. The van der Waals surface area contributed by atoms with Crippen LogP contribution in [0.5, 0.6) is 0 Å². The van der Waals surface area contributed by atoms with Crippen LogP contribution in [0.4, 0.5) is 0 Å². The maximum absolute atomic E-state index is 11.4. The molecule has 0 aromatic heterocycles. The zero-order valence-electron chi connectivity index (χ0n) is 12.0. The number of hydrogen-bond acceptors (Lipinski definition) is 4. The van der Waals surface area contributed by atoms with E-state index in [2.05, 4.69) is 24.5 Å². The first kappa shape index (κ1) is 18.0. The zero-order valence-corrected chi connectivity index (χ0v) is 12.8. The van der Waals surface area contributed by atoms with E-state index in [1.165, 1.54) is 6.92 Å². The molecule has 0 heterocycles. The van der Waals surface area contributed by atoms with E-state index < -0.39 is 0 Å². The van der Waals surface area contributed by atoms with Crippen molar-refractivity contribution in [3.63, 3.8) is 0 Å². The lowest BCUT2D eigenvalue weighted by molar-refractivity contribution is -0.122. The van der Waals surface area contributed by atoms with E-state index in [9.17, 15) is 14.4 Å². The van der Waals surface area contributed by atoms with Crippen molar-refractivity contribution in [2.45, 2.75) is 45.3 Å². The summed E-state index contributed by atoms with van der Waals surface area (Å²) in [6.07, 6.45) is 1.08. The highest BCUT2D eigenvalue weighted by molar-refractivity contribution is 7.99. The molecule has 110 valence electrons. The maximum atomic E-state index is 11.4. The van der Waals surface area contributed by atoms with Crippen LogP contribution >= 0.6 is 11.8 Å². The van der Waals surface area contributed by atoms with Crippen LogP contribution in [0, 0.1) is 0 Å². The Kier molecular flexibility index (Phi) is 10.2. The van der Waals surface area contributed by atoms with Crippen LogP contribution < -0.4 is 10.6 Å². The lowest BCUT2D eigenvalue weighted by atomic mass is 10.3. The first-order valence-electron chi connectivity index (χ1n) is 6.56. The second-order valence-corrected chi connectivity index (χ2v) is 6.26. The molecule has 5 nitrogen and oxygen atoms in total. The van der Waals surface area contributed by atoms with Crippen molar-refractivity contribution in [1.82, 2.24) is 10.6 Å². The number of amides is 2. The molecule has 2 N–H and O–H groups in total. The first-order chi connectivity index (χ1) is 8.91. The molecule has 0 bridgehead atoms. The molecule has 0 aliphatic heterocycles. The van der Waals surface area contributed by atoms with Gasteiger partial charge in [0.25, 0.3) is 0 Å². The highest BCUT2D eigenvalue weighted by atomic mass is 32.2. The molecule has 0 radical (unpaired) electrons. The molecule has 0 aromatic carbocycles. The normalized spacial score (nSPS) is 10.3. The minimum absolute atomic E-state index is 0.0234. The largest absolute Gasteiger partial charge is 0.356 e. The Bertz CT molecular complexity index is 306. The van der Waals surface area contributed by atoms with Crippen LogP contribution in [-0.2, 0) is 14.4 Å². The summed E-state index contributed by atoms with van der Waals surface area (Å²) in [6.45, 7) is 6.38. The van der Waals surface area contributed by atoms with E-state index in [4.69, 9.17) is 0 Å². The lowest BCUT2D eigenvalue weighted by Crippen LogP contribution is -2.31. The van der Waals surface area contributed by atoms with Crippen LogP contribution in [0.15, 0.2) is 0 Å². The summed E-state index contributed by atoms with van der Waals surface area (Å²) >= 11 is 1.74. The summed E-state index contributed by atoms with van der Waals surface area (Å²) in [5.41, 5.74) is 0. The van der Waals surface area contributed by atoms with Gasteiger partial charge in [0.15, 0.2) is 0 Å². The summed E-state index contributed by atoms with van der Waals surface area (Å²) in [4.78, 5) is 33.4. The highest BCUT2D eigenvalue weighted by Crippen LogP contribution is 2.09. The van der Waals surface area contributed by atoms with Gasteiger partial charge < -0.3 is 10.6 Å². The number of ketones is 1. The van der Waals surface area contributed by atoms with Crippen molar-refractivity contribution in [1.29, 1.82) is 0 Å². The first-order valence-corrected chi connectivity index (χ1v) is 7.61. The standard InChI is InChI=1S/C13H24N2O3S/c1-10(2)19-9-6-13(18)15-8-5-12(17)14-7-4-11(3)16/h10H,4-9H2,1-3H3,(H,14,17)(H,15,18). The van der Waals surface area contributed by atoms with Crippen molar-refractivity contribution in [3.05, 3.63) is 0 Å². The molecule has 0 saturated carbocycles. The van der Waals surface area contributed by atoms with E-state index in [0.29, 0.717) is 31.2 Å². The Labute approximate surface area is 119 Å². The van der Waals surface area contributed by atoms with Crippen molar-refractivity contribution in [2.75, 3.05) is 18.8 Å². The Morgan fingerprint density at radius 1 is 0.947 bits per heavy atom. The quantitative estimate of drug-likeness (QED) is 0.631. The summed E-state index contributed by atoms with van der Waals surface area (Å²) in [5, 5.41) is 5.86. The predicted octanol–water partition coefficient (Wildman–Crippen LogP) is 1.12. The van der Waals surface area contributed by atoms with E-state index in [-0.39, 0.29) is 24.0 Å². The van der Waals surface area contributed by atoms with Crippen molar-refractivity contribution in [2.24, 2.45) is 0 Å². The third-order valence-corrected chi connectivity index (χ3v) is 3.36. The van der Waals surface area contributed by atoms with Gasteiger partial charge in [-0.1, -0.05) is 13.8 Å². The van der Waals surface area contributed by atoms with E-state index in [1.807, 2.05) is 0 Å². The van der Waals surface area contributed by atoms with Gasteiger partial charge in [-0.3, -0.25) is 14.4 Å². The van der Waals surface area contributed by atoms with Crippen LogP contribution in [0.1, 0.15) is 40.0 Å². The smallest absolute Gasteiger partial charge is 0.221 e. The Hall–Kier alpha value is -1.04. The Morgan fingerprint density at radius 3 is 2.00 bits per heavy atom. The molecule has 0 rings (SSSR count). The number of thioether (sulfide) groups is 1. The van der Waals surface area contributed by atoms with Crippen molar-refractivity contribution < 1.29 is 14.4 Å². The number of carbonyl (C=O) groups excluding carboxylic acids is 3. The van der Waals surface area contributed by atoms with E-state index in [1.54, 1.807) is 11.8 Å². The van der Waals surface area contributed by atoms with Crippen molar-refractivity contribution in [3.8, 4) is 0 Å². The van der Waals surface area contributed by atoms with Crippen LogP contribution in [0.3, 0.4) is 0 Å². The molecular formula is C13H24N2O3S. The number of Topliss-reactive ketones (excluding diaryl/α,β-unsaturated/α-hetero) is 1. The second-order valence-electron chi connectivity index (χ2n) is 4.57. The molecule has 6 heteroatoms. The minimum atomic E-state index is -0.141. The van der Waals surface area contributed by atoms with Gasteiger partial charge in [-0.15, -0.1) is 0 Å². The topological polar surface area (TPSA) is 75.3 Å². The van der Waals surface area contributed by atoms with Gasteiger partial charge in [-0.25, -0.2) is 0 Å². The van der Waals surface area contributed by atoms with Gasteiger partial charge in [0.1, 0.15) is 5.78 Å². The number of nitrogens with one attached hydrogen (secondary N) is 2. The van der Waals surface area contributed by atoms with Gasteiger partial charge in [0.05, 0.1) is 0 Å². The lowest BCUT2D eigenvalue weighted by Gasteiger charge is -2.07. The van der Waals surface area contributed by atoms with E-state index in [0.717, 1.165) is 5.75 Å². The molecule has 0 unspecified atom stereocenters. The fourth-order valence-corrected chi connectivity index (χ4v) is 2.03. The predicted molar refractivity (Wildman–Crippen MR) is 78.1 cm³/mol. The van der Waals surface area contributed by atoms with Crippen LogP contribution in [0.2, 0.25) is 0 Å². The average molecular weight is 288 g/mol. The number of rotatable bonds is 10. The Morgan fingerprint density at radius 2 is 1.47 bits per heavy atom. The molecule has 0 spiro atoms. The fraction of sp³-hybridized carbons (Fsp3) is 0.769. The molecule has 0 aliphatic carbocycles. The zero-order chi connectivity index (χ0) is 14.7.